The van der Waals surface area contributed by atoms with Crippen molar-refractivity contribution in [2.45, 2.75) is 19.6 Å². The lowest BCUT2D eigenvalue weighted by Crippen LogP contribution is -2.07. The second-order valence-corrected chi connectivity index (χ2v) is 4.89. The molecule has 112 valence electrons. The minimum absolute atomic E-state index is 0.0109. The van der Waals surface area contributed by atoms with Gasteiger partial charge in [0.25, 0.3) is 0 Å². The molecule has 0 fully saturated rings. The van der Waals surface area contributed by atoms with Crippen molar-refractivity contribution in [3.05, 3.63) is 59.4 Å². The quantitative estimate of drug-likeness (QED) is 0.866. The first-order chi connectivity index (χ1) is 10.1. The minimum atomic E-state index is -0.350. The van der Waals surface area contributed by atoms with Gasteiger partial charge in [-0.15, -0.1) is 0 Å². The molecule has 0 aromatic heterocycles. The molecule has 0 saturated heterocycles. The van der Waals surface area contributed by atoms with Gasteiger partial charge in [0.05, 0.1) is 13.7 Å². The van der Waals surface area contributed by atoms with Gasteiger partial charge in [-0.1, -0.05) is 18.2 Å². The lowest BCUT2D eigenvalue weighted by Gasteiger charge is -2.17. The fraction of sp³-hybridized carbons (Fsp3) is 0.294. The van der Waals surface area contributed by atoms with Gasteiger partial charge in [0.15, 0.2) is 11.6 Å². The molecular weight excluding hydrogens is 269 g/mol. The fourth-order valence-corrected chi connectivity index (χ4v) is 2.20. The van der Waals surface area contributed by atoms with Crippen molar-refractivity contribution in [3.63, 3.8) is 0 Å². The van der Waals surface area contributed by atoms with Crippen molar-refractivity contribution >= 4 is 5.69 Å². The van der Waals surface area contributed by atoms with Crippen molar-refractivity contribution in [2.75, 3.05) is 19.5 Å². The van der Waals surface area contributed by atoms with Crippen molar-refractivity contribution < 1.29 is 13.9 Å². The van der Waals surface area contributed by atoms with Gasteiger partial charge < -0.3 is 14.8 Å². The van der Waals surface area contributed by atoms with Gasteiger partial charge in [-0.25, -0.2) is 4.39 Å². The van der Waals surface area contributed by atoms with E-state index in [-0.39, 0.29) is 17.6 Å². The highest BCUT2D eigenvalue weighted by Gasteiger charge is 2.09. The number of benzene rings is 2. The van der Waals surface area contributed by atoms with E-state index in [2.05, 4.69) is 5.32 Å². The van der Waals surface area contributed by atoms with E-state index in [0.717, 1.165) is 16.8 Å². The van der Waals surface area contributed by atoms with Crippen LogP contribution in [0.15, 0.2) is 42.5 Å². The van der Waals surface area contributed by atoms with E-state index < -0.39 is 0 Å². The molecule has 2 aromatic carbocycles. The summed E-state index contributed by atoms with van der Waals surface area (Å²) >= 11 is 0. The van der Waals surface area contributed by atoms with Crippen LogP contribution in [0.4, 0.5) is 10.1 Å². The first-order valence-electron chi connectivity index (χ1n) is 6.82. The van der Waals surface area contributed by atoms with Gasteiger partial charge in [-0.3, -0.25) is 0 Å². The Bertz CT molecular complexity index is 601. The Morgan fingerprint density at radius 3 is 2.62 bits per heavy atom. The first-order valence-corrected chi connectivity index (χ1v) is 6.82. The van der Waals surface area contributed by atoms with Crippen LogP contribution in [0.25, 0.3) is 0 Å². The van der Waals surface area contributed by atoms with Crippen LogP contribution < -0.4 is 10.1 Å². The van der Waals surface area contributed by atoms with Crippen LogP contribution in [0.3, 0.4) is 0 Å². The summed E-state index contributed by atoms with van der Waals surface area (Å²) < 4.78 is 23.8. The number of rotatable bonds is 6. The Kier molecular flexibility index (Phi) is 5.17. The molecule has 0 aliphatic rings. The largest absolute Gasteiger partial charge is 0.494 e. The summed E-state index contributed by atoms with van der Waals surface area (Å²) in [6.45, 7) is 2.56. The van der Waals surface area contributed by atoms with Crippen molar-refractivity contribution in [3.8, 4) is 5.75 Å². The average Bonchev–Trinajstić information content (AvgIpc) is 2.48. The summed E-state index contributed by atoms with van der Waals surface area (Å²) in [5, 5.41) is 3.36. The molecule has 3 nitrogen and oxygen atoms in total. The zero-order chi connectivity index (χ0) is 15.2. The molecule has 2 rings (SSSR count). The summed E-state index contributed by atoms with van der Waals surface area (Å²) in [7, 11) is 3.13. The van der Waals surface area contributed by atoms with E-state index in [1.807, 2.05) is 37.3 Å². The SMILES string of the molecule is COCc1cccc(NC(C)c2ccc(OC)c(F)c2)c1. The minimum Gasteiger partial charge on any atom is -0.494 e. The molecule has 0 heterocycles. The Morgan fingerprint density at radius 2 is 1.95 bits per heavy atom. The van der Waals surface area contributed by atoms with E-state index in [0.29, 0.717) is 6.61 Å². The van der Waals surface area contributed by atoms with Gasteiger partial charge in [0.1, 0.15) is 0 Å². The number of methoxy groups -OCH3 is 2. The molecule has 0 aliphatic heterocycles. The summed E-state index contributed by atoms with van der Waals surface area (Å²) in [5.41, 5.74) is 2.94. The fourth-order valence-electron chi connectivity index (χ4n) is 2.20. The summed E-state index contributed by atoms with van der Waals surface area (Å²) in [6.07, 6.45) is 0. The van der Waals surface area contributed by atoms with Crippen LogP contribution >= 0.6 is 0 Å². The van der Waals surface area contributed by atoms with E-state index in [9.17, 15) is 4.39 Å². The summed E-state index contributed by atoms with van der Waals surface area (Å²) in [5.74, 6) is -0.0928. The van der Waals surface area contributed by atoms with Crippen LogP contribution in [0.2, 0.25) is 0 Å². The van der Waals surface area contributed by atoms with Crippen molar-refractivity contribution in [1.82, 2.24) is 0 Å². The van der Waals surface area contributed by atoms with Crippen LogP contribution in [0, 0.1) is 5.82 Å². The predicted molar refractivity (Wildman–Crippen MR) is 82.1 cm³/mol. The molecule has 1 unspecified atom stereocenters. The highest BCUT2D eigenvalue weighted by atomic mass is 19.1. The van der Waals surface area contributed by atoms with Crippen LogP contribution in [0.5, 0.6) is 5.75 Å². The number of nitrogens with one attached hydrogen (secondary N) is 1. The predicted octanol–water partition coefficient (Wildman–Crippen LogP) is 4.15. The first kappa shape index (κ1) is 15.3. The maximum absolute atomic E-state index is 13.7. The molecule has 0 radical (unpaired) electrons. The van der Waals surface area contributed by atoms with Crippen LogP contribution in [0.1, 0.15) is 24.1 Å². The molecule has 2 aromatic rings. The van der Waals surface area contributed by atoms with E-state index in [4.69, 9.17) is 9.47 Å². The number of halogens is 1. The van der Waals surface area contributed by atoms with E-state index >= 15 is 0 Å². The maximum atomic E-state index is 13.7. The van der Waals surface area contributed by atoms with E-state index in [1.54, 1.807) is 13.2 Å². The van der Waals surface area contributed by atoms with Crippen molar-refractivity contribution in [2.24, 2.45) is 0 Å². The molecule has 0 amide bonds. The molecule has 1 atom stereocenters. The molecule has 4 heteroatoms. The van der Waals surface area contributed by atoms with Crippen LogP contribution in [-0.2, 0) is 11.3 Å². The normalized spacial score (nSPS) is 12.0. The van der Waals surface area contributed by atoms with Gasteiger partial charge in [-0.05, 0) is 42.3 Å². The van der Waals surface area contributed by atoms with Gasteiger partial charge in [-0.2, -0.15) is 0 Å². The molecular formula is C17H20FNO2. The smallest absolute Gasteiger partial charge is 0.165 e. The molecule has 21 heavy (non-hydrogen) atoms. The Labute approximate surface area is 124 Å². The monoisotopic (exact) mass is 289 g/mol. The molecule has 0 spiro atoms. The van der Waals surface area contributed by atoms with Gasteiger partial charge in [0, 0.05) is 18.8 Å². The maximum Gasteiger partial charge on any atom is 0.165 e. The second-order valence-electron chi connectivity index (χ2n) is 4.89. The Hall–Kier alpha value is -2.07. The summed E-state index contributed by atoms with van der Waals surface area (Å²) in [4.78, 5) is 0. The molecule has 0 aliphatic carbocycles. The number of ether oxygens (including phenoxy) is 2. The lowest BCUT2D eigenvalue weighted by molar-refractivity contribution is 0.185. The Balaban J connectivity index is 2.12. The topological polar surface area (TPSA) is 30.5 Å². The lowest BCUT2D eigenvalue weighted by atomic mass is 10.1. The van der Waals surface area contributed by atoms with Gasteiger partial charge >= 0.3 is 0 Å². The number of hydrogen-bond acceptors (Lipinski definition) is 3. The highest BCUT2D eigenvalue weighted by molar-refractivity contribution is 5.48. The highest BCUT2D eigenvalue weighted by Crippen LogP contribution is 2.24. The number of hydrogen-bond donors (Lipinski definition) is 1. The van der Waals surface area contributed by atoms with Gasteiger partial charge in [0.2, 0.25) is 0 Å². The third-order valence-electron chi connectivity index (χ3n) is 3.30. The second kappa shape index (κ2) is 7.09. The third-order valence-corrected chi connectivity index (χ3v) is 3.30. The average molecular weight is 289 g/mol. The third kappa shape index (κ3) is 3.95. The number of anilines is 1. The molecule has 0 bridgehead atoms. The Morgan fingerprint density at radius 1 is 1.14 bits per heavy atom. The molecule has 0 saturated carbocycles. The van der Waals surface area contributed by atoms with Crippen molar-refractivity contribution in [1.29, 1.82) is 0 Å². The molecule has 1 N–H and O–H groups in total. The zero-order valence-electron chi connectivity index (χ0n) is 12.5. The van der Waals surface area contributed by atoms with Crippen LogP contribution in [-0.4, -0.2) is 14.2 Å². The summed E-state index contributed by atoms with van der Waals surface area (Å²) in [6, 6.07) is 13.0. The zero-order valence-corrected chi connectivity index (χ0v) is 12.5. The van der Waals surface area contributed by atoms with E-state index in [1.165, 1.54) is 13.2 Å². The standard InChI is InChI=1S/C17H20FNO2/c1-12(14-7-8-17(21-3)16(18)10-14)19-15-6-4-5-13(9-15)11-20-2/h4-10,12,19H,11H2,1-3H3.